The third-order valence-corrected chi connectivity index (χ3v) is 5.25. The Morgan fingerprint density at radius 3 is 2.53 bits per heavy atom. The molecule has 2 amide bonds. The summed E-state index contributed by atoms with van der Waals surface area (Å²) in [5.41, 5.74) is 1.68. The maximum atomic E-state index is 13.1. The Hall–Kier alpha value is -2.93. The number of rotatable bonds is 6. The van der Waals surface area contributed by atoms with E-state index in [9.17, 15) is 14.0 Å². The van der Waals surface area contributed by atoms with E-state index in [1.807, 2.05) is 11.8 Å². The predicted molar refractivity (Wildman–Crippen MR) is 114 cm³/mol. The highest BCUT2D eigenvalue weighted by molar-refractivity contribution is 5.88. The average Bonchev–Trinajstić information content (AvgIpc) is 2.70. The minimum absolute atomic E-state index is 0.0449. The number of ether oxygens (including phenoxy) is 1. The Labute approximate surface area is 176 Å². The minimum Gasteiger partial charge on any atom is -0.484 e. The number of halogens is 1. The fraction of sp³-hybridized carbons (Fsp3) is 0.391. The second-order valence-electron chi connectivity index (χ2n) is 7.80. The van der Waals surface area contributed by atoms with Crippen molar-refractivity contribution in [2.24, 2.45) is 0 Å². The summed E-state index contributed by atoms with van der Waals surface area (Å²) in [6.45, 7) is 7.57. The van der Waals surface area contributed by atoms with E-state index in [0.29, 0.717) is 18.0 Å². The number of nitrogens with one attached hydrogen (secondary N) is 1. The zero-order valence-corrected chi connectivity index (χ0v) is 17.6. The Morgan fingerprint density at radius 2 is 1.83 bits per heavy atom. The van der Waals surface area contributed by atoms with Crippen LogP contribution in [0.25, 0.3) is 0 Å². The maximum absolute atomic E-state index is 13.1. The van der Waals surface area contributed by atoms with Crippen molar-refractivity contribution >= 4 is 17.5 Å². The van der Waals surface area contributed by atoms with E-state index in [2.05, 4.69) is 17.1 Å². The van der Waals surface area contributed by atoms with Gasteiger partial charge in [0.25, 0.3) is 5.91 Å². The second kappa shape index (κ2) is 9.71. The van der Waals surface area contributed by atoms with Gasteiger partial charge in [-0.25, -0.2) is 4.39 Å². The van der Waals surface area contributed by atoms with Gasteiger partial charge in [0.2, 0.25) is 5.91 Å². The number of amides is 2. The molecule has 1 aliphatic rings. The summed E-state index contributed by atoms with van der Waals surface area (Å²) in [4.78, 5) is 28.1. The van der Waals surface area contributed by atoms with Crippen LogP contribution in [0.1, 0.15) is 26.3 Å². The standard InChI is InChI=1S/C23H28FN3O3/c1-16-13-27(17(2)12-26(16)14-19-7-9-20(24)10-8-19)23(29)15-30-22-6-4-5-21(11-22)25-18(3)28/h4-11,16-17H,12-15H2,1-3H3,(H,25,28)/t16-,17+/m1/s1. The van der Waals surface area contributed by atoms with Crippen LogP contribution in [0.15, 0.2) is 48.5 Å². The first-order chi connectivity index (χ1) is 14.3. The number of hydrogen-bond acceptors (Lipinski definition) is 4. The molecule has 1 N–H and O–H groups in total. The fourth-order valence-corrected chi connectivity index (χ4v) is 3.69. The van der Waals surface area contributed by atoms with Crippen molar-refractivity contribution in [1.29, 1.82) is 0 Å². The maximum Gasteiger partial charge on any atom is 0.260 e. The monoisotopic (exact) mass is 413 g/mol. The van der Waals surface area contributed by atoms with E-state index in [0.717, 1.165) is 18.7 Å². The predicted octanol–water partition coefficient (Wildman–Crippen LogP) is 3.28. The van der Waals surface area contributed by atoms with Crippen LogP contribution in [-0.2, 0) is 16.1 Å². The molecule has 7 heteroatoms. The molecule has 0 aromatic heterocycles. The van der Waals surface area contributed by atoms with Crippen LogP contribution in [-0.4, -0.2) is 53.4 Å². The quantitative estimate of drug-likeness (QED) is 0.790. The van der Waals surface area contributed by atoms with E-state index >= 15 is 0 Å². The van der Waals surface area contributed by atoms with E-state index in [4.69, 9.17) is 4.74 Å². The van der Waals surface area contributed by atoms with Crippen LogP contribution in [0, 0.1) is 5.82 Å². The van der Waals surface area contributed by atoms with Crippen molar-refractivity contribution in [3.05, 3.63) is 59.9 Å². The normalized spacial score (nSPS) is 19.4. The lowest BCUT2D eigenvalue weighted by Gasteiger charge is -2.44. The lowest BCUT2D eigenvalue weighted by Crippen LogP contribution is -2.58. The van der Waals surface area contributed by atoms with Gasteiger partial charge in [-0.1, -0.05) is 18.2 Å². The third kappa shape index (κ3) is 5.79. The van der Waals surface area contributed by atoms with Crippen molar-refractivity contribution in [2.75, 3.05) is 25.0 Å². The van der Waals surface area contributed by atoms with Gasteiger partial charge < -0.3 is 15.0 Å². The summed E-state index contributed by atoms with van der Waals surface area (Å²) in [5.74, 6) is 0.0636. The van der Waals surface area contributed by atoms with Gasteiger partial charge in [0.1, 0.15) is 11.6 Å². The van der Waals surface area contributed by atoms with Crippen molar-refractivity contribution < 1.29 is 18.7 Å². The first kappa shape index (κ1) is 21.8. The summed E-state index contributed by atoms with van der Waals surface area (Å²) in [5, 5.41) is 2.70. The average molecular weight is 413 g/mol. The van der Waals surface area contributed by atoms with E-state index < -0.39 is 0 Å². The Morgan fingerprint density at radius 1 is 1.10 bits per heavy atom. The smallest absolute Gasteiger partial charge is 0.260 e. The molecule has 30 heavy (non-hydrogen) atoms. The topological polar surface area (TPSA) is 61.9 Å². The largest absolute Gasteiger partial charge is 0.484 e. The molecule has 2 aromatic rings. The van der Waals surface area contributed by atoms with Crippen molar-refractivity contribution in [1.82, 2.24) is 9.80 Å². The molecule has 0 radical (unpaired) electrons. The van der Waals surface area contributed by atoms with Crippen LogP contribution >= 0.6 is 0 Å². The van der Waals surface area contributed by atoms with Gasteiger partial charge in [-0.3, -0.25) is 14.5 Å². The summed E-state index contributed by atoms with van der Waals surface area (Å²) in [6.07, 6.45) is 0. The molecule has 0 bridgehead atoms. The molecule has 2 aromatic carbocycles. The van der Waals surface area contributed by atoms with Gasteiger partial charge in [-0.15, -0.1) is 0 Å². The SMILES string of the molecule is CC(=O)Nc1cccc(OCC(=O)N2C[C@@H](C)N(Cc3ccc(F)cc3)C[C@@H]2C)c1. The van der Waals surface area contributed by atoms with Crippen LogP contribution in [0.4, 0.5) is 10.1 Å². The second-order valence-corrected chi connectivity index (χ2v) is 7.80. The summed E-state index contributed by atoms with van der Waals surface area (Å²) in [6, 6.07) is 13.8. The molecule has 1 saturated heterocycles. The molecule has 1 aliphatic heterocycles. The van der Waals surface area contributed by atoms with Crippen LogP contribution in [0.5, 0.6) is 5.75 Å². The molecule has 1 heterocycles. The molecule has 1 fully saturated rings. The molecule has 0 saturated carbocycles. The number of carbonyl (C=O) groups is 2. The molecule has 0 aliphatic carbocycles. The highest BCUT2D eigenvalue weighted by atomic mass is 19.1. The zero-order chi connectivity index (χ0) is 21.7. The van der Waals surface area contributed by atoms with Crippen molar-refractivity contribution in [3.63, 3.8) is 0 Å². The van der Waals surface area contributed by atoms with Crippen LogP contribution < -0.4 is 10.1 Å². The molecule has 160 valence electrons. The highest BCUT2D eigenvalue weighted by Crippen LogP contribution is 2.20. The molecule has 6 nitrogen and oxygen atoms in total. The Kier molecular flexibility index (Phi) is 7.05. The van der Waals surface area contributed by atoms with Gasteiger partial charge in [0.05, 0.1) is 0 Å². The molecular weight excluding hydrogens is 385 g/mol. The number of carbonyl (C=O) groups excluding carboxylic acids is 2. The lowest BCUT2D eigenvalue weighted by atomic mass is 10.1. The molecular formula is C23H28FN3O3. The minimum atomic E-state index is -0.238. The Bertz CT molecular complexity index is 888. The van der Waals surface area contributed by atoms with Gasteiger partial charge in [0.15, 0.2) is 6.61 Å². The van der Waals surface area contributed by atoms with Crippen molar-refractivity contribution in [2.45, 2.75) is 39.4 Å². The number of anilines is 1. The molecule has 0 spiro atoms. The van der Waals surface area contributed by atoms with Crippen LogP contribution in [0.3, 0.4) is 0 Å². The highest BCUT2D eigenvalue weighted by Gasteiger charge is 2.32. The van der Waals surface area contributed by atoms with Gasteiger partial charge in [-0.05, 0) is 43.7 Å². The van der Waals surface area contributed by atoms with E-state index in [1.54, 1.807) is 36.4 Å². The lowest BCUT2D eigenvalue weighted by molar-refractivity contribution is -0.139. The molecule has 3 rings (SSSR count). The van der Waals surface area contributed by atoms with E-state index in [1.165, 1.54) is 19.1 Å². The fourth-order valence-electron chi connectivity index (χ4n) is 3.69. The molecule has 0 unspecified atom stereocenters. The third-order valence-electron chi connectivity index (χ3n) is 5.25. The number of benzene rings is 2. The number of piperazine rings is 1. The Balaban J connectivity index is 1.54. The van der Waals surface area contributed by atoms with Crippen molar-refractivity contribution in [3.8, 4) is 5.75 Å². The summed E-state index contributed by atoms with van der Waals surface area (Å²) >= 11 is 0. The molecule has 2 atom stereocenters. The summed E-state index contributed by atoms with van der Waals surface area (Å²) in [7, 11) is 0. The van der Waals surface area contributed by atoms with Gasteiger partial charge in [-0.2, -0.15) is 0 Å². The van der Waals surface area contributed by atoms with Gasteiger partial charge in [0, 0.05) is 50.4 Å². The number of nitrogens with zero attached hydrogens (tertiary/aromatic N) is 2. The first-order valence-electron chi connectivity index (χ1n) is 10.1. The summed E-state index contributed by atoms with van der Waals surface area (Å²) < 4.78 is 18.8. The van der Waals surface area contributed by atoms with E-state index in [-0.39, 0.29) is 36.3 Å². The first-order valence-corrected chi connectivity index (χ1v) is 10.1. The zero-order valence-electron chi connectivity index (χ0n) is 17.6. The van der Waals surface area contributed by atoms with Crippen LogP contribution in [0.2, 0.25) is 0 Å². The number of hydrogen-bond donors (Lipinski definition) is 1. The van der Waals surface area contributed by atoms with Gasteiger partial charge >= 0.3 is 0 Å².